The van der Waals surface area contributed by atoms with Gasteiger partial charge in [-0.05, 0) is 25.2 Å². The molecule has 3 atom stereocenters. The predicted octanol–water partition coefficient (Wildman–Crippen LogP) is 2.04. The SMILES string of the molecule is Cc1cc(CN2CCN(CC(=O)N[C@@H]3CCC[C@H](C)[C@@H]3C)CC2)no1. The van der Waals surface area contributed by atoms with Crippen LogP contribution >= 0.6 is 0 Å². The van der Waals surface area contributed by atoms with Gasteiger partial charge < -0.3 is 9.84 Å². The number of aryl methyl sites for hydroxylation is 1. The molecule has 2 aliphatic rings. The van der Waals surface area contributed by atoms with Gasteiger partial charge in [-0.1, -0.05) is 31.8 Å². The normalized spacial score (nSPS) is 28.8. The highest BCUT2D eigenvalue weighted by Gasteiger charge is 2.28. The van der Waals surface area contributed by atoms with Crippen molar-refractivity contribution in [3.05, 3.63) is 17.5 Å². The van der Waals surface area contributed by atoms with Crippen LogP contribution in [0.5, 0.6) is 0 Å². The van der Waals surface area contributed by atoms with E-state index in [2.05, 4.69) is 34.1 Å². The van der Waals surface area contributed by atoms with E-state index < -0.39 is 0 Å². The molecule has 0 spiro atoms. The Labute approximate surface area is 150 Å². The zero-order valence-corrected chi connectivity index (χ0v) is 15.8. The maximum absolute atomic E-state index is 12.4. The van der Waals surface area contributed by atoms with Gasteiger partial charge in [-0.25, -0.2) is 0 Å². The lowest BCUT2D eigenvalue weighted by Crippen LogP contribution is -2.51. The molecule has 0 bridgehead atoms. The fourth-order valence-electron chi connectivity index (χ4n) is 4.07. The fourth-order valence-corrected chi connectivity index (χ4v) is 4.07. The molecule has 1 saturated heterocycles. The third kappa shape index (κ3) is 5.05. The van der Waals surface area contributed by atoms with Gasteiger partial charge in [0.1, 0.15) is 5.76 Å². The molecule has 1 amide bonds. The molecule has 25 heavy (non-hydrogen) atoms. The number of rotatable bonds is 5. The number of piperazine rings is 1. The van der Waals surface area contributed by atoms with Crippen LogP contribution in [0, 0.1) is 18.8 Å². The third-order valence-corrected chi connectivity index (χ3v) is 5.95. The molecule has 3 rings (SSSR count). The molecular weight excluding hydrogens is 316 g/mol. The molecule has 1 saturated carbocycles. The van der Waals surface area contributed by atoms with Crippen LogP contribution < -0.4 is 5.32 Å². The van der Waals surface area contributed by atoms with Gasteiger partial charge in [-0.3, -0.25) is 14.6 Å². The van der Waals surface area contributed by atoms with Crippen molar-refractivity contribution < 1.29 is 9.32 Å². The Morgan fingerprint density at radius 1 is 1.24 bits per heavy atom. The monoisotopic (exact) mass is 348 g/mol. The van der Waals surface area contributed by atoms with E-state index in [1.54, 1.807) is 0 Å². The van der Waals surface area contributed by atoms with E-state index in [0.717, 1.165) is 50.6 Å². The Bertz CT molecular complexity index is 566. The summed E-state index contributed by atoms with van der Waals surface area (Å²) < 4.78 is 5.13. The molecular formula is C19H32N4O2. The van der Waals surface area contributed by atoms with E-state index >= 15 is 0 Å². The number of amides is 1. The third-order valence-electron chi connectivity index (χ3n) is 5.95. The van der Waals surface area contributed by atoms with Gasteiger partial charge in [0.2, 0.25) is 5.91 Å². The lowest BCUT2D eigenvalue weighted by atomic mass is 9.78. The highest BCUT2D eigenvalue weighted by atomic mass is 16.5. The summed E-state index contributed by atoms with van der Waals surface area (Å²) in [6, 6.07) is 2.35. The Morgan fingerprint density at radius 3 is 2.64 bits per heavy atom. The predicted molar refractivity (Wildman–Crippen MR) is 97.1 cm³/mol. The number of aromatic nitrogens is 1. The van der Waals surface area contributed by atoms with E-state index in [0.29, 0.717) is 24.4 Å². The number of hydrogen-bond donors (Lipinski definition) is 1. The largest absolute Gasteiger partial charge is 0.361 e. The van der Waals surface area contributed by atoms with E-state index in [9.17, 15) is 4.79 Å². The first-order chi connectivity index (χ1) is 12.0. The van der Waals surface area contributed by atoms with E-state index in [1.165, 1.54) is 12.8 Å². The molecule has 1 aromatic heterocycles. The summed E-state index contributed by atoms with van der Waals surface area (Å²) in [5.41, 5.74) is 0.990. The molecule has 1 aromatic rings. The second kappa shape index (κ2) is 8.32. The van der Waals surface area contributed by atoms with Gasteiger partial charge in [0.25, 0.3) is 0 Å². The molecule has 2 heterocycles. The van der Waals surface area contributed by atoms with E-state index in [1.807, 2.05) is 13.0 Å². The van der Waals surface area contributed by atoms with Crippen molar-refractivity contribution in [1.29, 1.82) is 0 Å². The van der Waals surface area contributed by atoms with Crippen molar-refractivity contribution in [2.75, 3.05) is 32.7 Å². The van der Waals surface area contributed by atoms with Crippen LogP contribution in [0.1, 0.15) is 44.6 Å². The quantitative estimate of drug-likeness (QED) is 0.882. The second-order valence-corrected chi connectivity index (χ2v) is 7.92. The zero-order valence-electron chi connectivity index (χ0n) is 15.8. The highest BCUT2D eigenvalue weighted by molar-refractivity contribution is 5.78. The molecule has 1 aliphatic heterocycles. The molecule has 6 heteroatoms. The molecule has 2 fully saturated rings. The summed E-state index contributed by atoms with van der Waals surface area (Å²) in [6.07, 6.45) is 3.65. The Balaban J connectivity index is 1.39. The topological polar surface area (TPSA) is 61.6 Å². The van der Waals surface area contributed by atoms with E-state index in [4.69, 9.17) is 4.52 Å². The Morgan fingerprint density at radius 2 is 1.96 bits per heavy atom. The van der Waals surface area contributed by atoms with Gasteiger partial charge in [0.15, 0.2) is 0 Å². The van der Waals surface area contributed by atoms with Crippen LogP contribution in [0.4, 0.5) is 0 Å². The fraction of sp³-hybridized carbons (Fsp3) is 0.789. The first kappa shape index (κ1) is 18.4. The lowest BCUT2D eigenvalue weighted by Gasteiger charge is -2.36. The average Bonchev–Trinajstić information content (AvgIpc) is 2.99. The lowest BCUT2D eigenvalue weighted by molar-refractivity contribution is -0.124. The van der Waals surface area contributed by atoms with Crippen LogP contribution in [0.15, 0.2) is 10.6 Å². The molecule has 0 aromatic carbocycles. The minimum Gasteiger partial charge on any atom is -0.361 e. The summed E-state index contributed by atoms with van der Waals surface area (Å²) in [7, 11) is 0. The summed E-state index contributed by atoms with van der Waals surface area (Å²) in [5.74, 6) is 2.34. The van der Waals surface area contributed by atoms with Crippen molar-refractivity contribution in [3.63, 3.8) is 0 Å². The summed E-state index contributed by atoms with van der Waals surface area (Å²) in [6.45, 7) is 11.6. The Hall–Kier alpha value is -1.40. The summed E-state index contributed by atoms with van der Waals surface area (Å²) in [5, 5.41) is 7.34. The van der Waals surface area contributed by atoms with Crippen molar-refractivity contribution in [2.45, 2.75) is 52.6 Å². The van der Waals surface area contributed by atoms with Crippen molar-refractivity contribution >= 4 is 5.91 Å². The first-order valence-electron chi connectivity index (χ1n) is 9.67. The maximum atomic E-state index is 12.4. The van der Waals surface area contributed by atoms with Gasteiger partial charge in [-0.2, -0.15) is 0 Å². The average molecular weight is 348 g/mol. The van der Waals surface area contributed by atoms with Gasteiger partial charge in [-0.15, -0.1) is 0 Å². The summed E-state index contributed by atoms with van der Waals surface area (Å²) in [4.78, 5) is 17.1. The van der Waals surface area contributed by atoms with Crippen molar-refractivity contribution in [3.8, 4) is 0 Å². The van der Waals surface area contributed by atoms with Crippen LogP contribution in [0.3, 0.4) is 0 Å². The molecule has 0 radical (unpaired) electrons. The number of nitrogens with one attached hydrogen (secondary N) is 1. The van der Waals surface area contributed by atoms with Gasteiger partial charge >= 0.3 is 0 Å². The minimum absolute atomic E-state index is 0.187. The standard InChI is InChI=1S/C19H32N4O2/c1-14-5-4-6-18(16(14)3)20-19(24)13-23-9-7-22(8-10-23)12-17-11-15(2)25-21-17/h11,14,16,18H,4-10,12-13H2,1-3H3,(H,20,24)/t14-,16-,18+/m0/s1. The van der Waals surface area contributed by atoms with Crippen LogP contribution in [0.25, 0.3) is 0 Å². The van der Waals surface area contributed by atoms with Crippen LogP contribution in [0.2, 0.25) is 0 Å². The molecule has 6 nitrogen and oxygen atoms in total. The van der Waals surface area contributed by atoms with Crippen LogP contribution in [-0.2, 0) is 11.3 Å². The second-order valence-electron chi connectivity index (χ2n) is 7.92. The number of hydrogen-bond acceptors (Lipinski definition) is 5. The zero-order chi connectivity index (χ0) is 17.8. The summed E-state index contributed by atoms with van der Waals surface area (Å²) >= 11 is 0. The number of carbonyl (C=O) groups excluding carboxylic acids is 1. The van der Waals surface area contributed by atoms with Crippen molar-refractivity contribution in [1.82, 2.24) is 20.3 Å². The van der Waals surface area contributed by atoms with Crippen LogP contribution in [-0.4, -0.2) is 59.6 Å². The minimum atomic E-state index is 0.187. The first-order valence-corrected chi connectivity index (χ1v) is 9.67. The van der Waals surface area contributed by atoms with Gasteiger partial charge in [0.05, 0.1) is 12.2 Å². The van der Waals surface area contributed by atoms with Crippen molar-refractivity contribution in [2.24, 2.45) is 11.8 Å². The smallest absolute Gasteiger partial charge is 0.234 e. The van der Waals surface area contributed by atoms with E-state index in [-0.39, 0.29) is 5.91 Å². The van der Waals surface area contributed by atoms with Gasteiger partial charge in [0, 0.05) is 44.8 Å². The number of carbonyl (C=O) groups is 1. The molecule has 0 unspecified atom stereocenters. The molecule has 1 N–H and O–H groups in total. The molecule has 1 aliphatic carbocycles. The highest BCUT2D eigenvalue weighted by Crippen LogP contribution is 2.29. The number of nitrogens with zero attached hydrogens (tertiary/aromatic N) is 3. The maximum Gasteiger partial charge on any atom is 0.234 e. The molecule has 140 valence electrons. The Kier molecular flexibility index (Phi) is 6.12.